The van der Waals surface area contributed by atoms with E-state index in [1.54, 1.807) is 0 Å². The molecule has 0 unspecified atom stereocenters. The van der Waals surface area contributed by atoms with Crippen LogP contribution in [-0.2, 0) is 10.0 Å². The fourth-order valence-corrected chi connectivity index (χ4v) is 4.72. The molecule has 0 aromatic heterocycles. The maximum absolute atomic E-state index is 13.1. The predicted octanol–water partition coefficient (Wildman–Crippen LogP) is 2.86. The highest BCUT2D eigenvalue weighted by Crippen LogP contribution is 2.30. The van der Waals surface area contributed by atoms with Crippen LogP contribution in [0.2, 0.25) is 5.02 Å². The lowest BCUT2D eigenvalue weighted by atomic mass is 10.1. The van der Waals surface area contributed by atoms with Crippen molar-refractivity contribution >= 4 is 50.0 Å². The van der Waals surface area contributed by atoms with Gasteiger partial charge in [-0.05, 0) is 41.0 Å². The van der Waals surface area contributed by atoms with Crippen LogP contribution in [0.3, 0.4) is 0 Å². The van der Waals surface area contributed by atoms with Crippen LogP contribution in [0.5, 0.6) is 0 Å². The highest BCUT2D eigenvalue weighted by atomic mass is 79.9. The van der Waals surface area contributed by atoms with E-state index in [-0.39, 0.29) is 33.3 Å². The molecule has 1 heterocycles. The van der Waals surface area contributed by atoms with Crippen molar-refractivity contribution in [3.05, 3.63) is 39.1 Å². The zero-order valence-electron chi connectivity index (χ0n) is 10.8. The van der Waals surface area contributed by atoms with Gasteiger partial charge in [-0.25, -0.2) is 17.5 Å². The average molecular weight is 420 g/mol. The lowest BCUT2D eigenvalue weighted by Crippen LogP contribution is -2.30. The molecular formula is C12H14BrCl2FN2O2S. The van der Waals surface area contributed by atoms with Crippen molar-refractivity contribution in [2.24, 2.45) is 0 Å². The van der Waals surface area contributed by atoms with E-state index in [1.807, 2.05) is 6.08 Å². The molecule has 0 spiro atoms. The molecule has 2 rings (SSSR count). The summed E-state index contributed by atoms with van der Waals surface area (Å²) in [5, 5.41) is 2.99. The molecule has 0 saturated heterocycles. The Bertz CT molecular complexity index is 630. The quantitative estimate of drug-likeness (QED) is 0.737. The van der Waals surface area contributed by atoms with E-state index in [4.69, 9.17) is 11.6 Å². The molecule has 0 amide bonds. The summed E-state index contributed by atoms with van der Waals surface area (Å²) in [5.41, 5.74) is 1.02. The molecule has 0 radical (unpaired) electrons. The summed E-state index contributed by atoms with van der Waals surface area (Å²) in [4.78, 5) is -0.143. The fraction of sp³-hybridized carbons (Fsp3) is 0.333. The first kappa shape index (κ1) is 18.9. The highest BCUT2D eigenvalue weighted by Gasteiger charge is 2.22. The van der Waals surface area contributed by atoms with E-state index < -0.39 is 15.8 Å². The first-order valence-corrected chi connectivity index (χ1v) is 8.58. The minimum atomic E-state index is -3.79. The number of hydrogen-bond donors (Lipinski definition) is 2. The molecule has 0 saturated carbocycles. The summed E-state index contributed by atoms with van der Waals surface area (Å²) < 4.78 is 40.2. The van der Waals surface area contributed by atoms with Gasteiger partial charge in [-0.15, -0.1) is 12.4 Å². The van der Waals surface area contributed by atoms with Crippen molar-refractivity contribution < 1.29 is 12.8 Å². The first-order chi connectivity index (χ1) is 9.40. The van der Waals surface area contributed by atoms with Gasteiger partial charge in [-0.1, -0.05) is 23.3 Å². The van der Waals surface area contributed by atoms with Gasteiger partial charge in [0.1, 0.15) is 10.7 Å². The smallest absolute Gasteiger partial charge is 0.243 e. The summed E-state index contributed by atoms with van der Waals surface area (Å²) in [6.07, 6.45) is 2.74. The lowest BCUT2D eigenvalue weighted by molar-refractivity contribution is 0.580. The van der Waals surface area contributed by atoms with E-state index >= 15 is 0 Å². The molecule has 0 atom stereocenters. The van der Waals surface area contributed by atoms with Gasteiger partial charge < -0.3 is 5.32 Å². The Hall–Kier alpha value is -0.180. The molecular weight excluding hydrogens is 406 g/mol. The minimum Gasteiger partial charge on any atom is -0.313 e. The Labute approximate surface area is 142 Å². The lowest BCUT2D eigenvalue weighted by Gasteiger charge is -2.15. The van der Waals surface area contributed by atoms with Crippen LogP contribution in [0.1, 0.15) is 6.42 Å². The maximum atomic E-state index is 13.1. The third-order valence-corrected chi connectivity index (χ3v) is 5.68. The van der Waals surface area contributed by atoms with Gasteiger partial charge in [-0.3, -0.25) is 0 Å². The van der Waals surface area contributed by atoms with Gasteiger partial charge in [0, 0.05) is 17.6 Å². The largest absolute Gasteiger partial charge is 0.313 e. The summed E-state index contributed by atoms with van der Waals surface area (Å²) in [7, 11) is -3.79. The van der Waals surface area contributed by atoms with E-state index in [0.29, 0.717) is 0 Å². The molecule has 1 aromatic carbocycles. The van der Waals surface area contributed by atoms with Crippen LogP contribution in [-0.4, -0.2) is 28.1 Å². The topological polar surface area (TPSA) is 58.2 Å². The van der Waals surface area contributed by atoms with Gasteiger partial charge in [0.15, 0.2) is 0 Å². The molecule has 0 aliphatic carbocycles. The second-order valence-electron chi connectivity index (χ2n) is 4.34. The molecule has 2 N–H and O–H groups in total. The van der Waals surface area contributed by atoms with Crippen LogP contribution in [0.15, 0.2) is 33.2 Å². The van der Waals surface area contributed by atoms with Gasteiger partial charge in [-0.2, -0.15) is 0 Å². The van der Waals surface area contributed by atoms with E-state index in [0.717, 1.165) is 37.2 Å². The Morgan fingerprint density at radius 1 is 1.43 bits per heavy atom. The van der Waals surface area contributed by atoms with Crippen molar-refractivity contribution in [1.29, 1.82) is 0 Å². The number of halogens is 4. The molecule has 4 nitrogen and oxygen atoms in total. The second kappa shape index (κ2) is 7.89. The van der Waals surface area contributed by atoms with Crippen LogP contribution in [0, 0.1) is 5.82 Å². The SMILES string of the molecule is Cl.O=S(=O)(NCC1=CCNCC1)c1c(Cl)cc(F)cc1Br. The van der Waals surface area contributed by atoms with Crippen molar-refractivity contribution in [3.8, 4) is 0 Å². The van der Waals surface area contributed by atoms with Crippen molar-refractivity contribution in [2.45, 2.75) is 11.3 Å². The predicted molar refractivity (Wildman–Crippen MR) is 87.1 cm³/mol. The number of benzene rings is 1. The monoisotopic (exact) mass is 418 g/mol. The fourth-order valence-electron chi connectivity index (χ4n) is 1.88. The van der Waals surface area contributed by atoms with Gasteiger partial charge in [0.2, 0.25) is 10.0 Å². The van der Waals surface area contributed by atoms with Gasteiger partial charge in [0.25, 0.3) is 0 Å². The Morgan fingerprint density at radius 3 is 2.71 bits per heavy atom. The minimum absolute atomic E-state index is 0. The molecule has 118 valence electrons. The molecule has 1 aliphatic heterocycles. The van der Waals surface area contributed by atoms with Gasteiger partial charge >= 0.3 is 0 Å². The van der Waals surface area contributed by atoms with Crippen LogP contribution in [0.4, 0.5) is 4.39 Å². The number of nitrogens with one attached hydrogen (secondary N) is 2. The van der Waals surface area contributed by atoms with Crippen molar-refractivity contribution in [1.82, 2.24) is 10.0 Å². The van der Waals surface area contributed by atoms with Crippen molar-refractivity contribution in [2.75, 3.05) is 19.6 Å². The van der Waals surface area contributed by atoms with Crippen LogP contribution >= 0.6 is 39.9 Å². The Balaban J connectivity index is 0.00000220. The molecule has 0 fully saturated rings. The standard InChI is InChI=1S/C12H13BrClFN2O2S.ClH/c13-10-5-9(15)6-11(14)12(10)20(18,19)17-7-8-1-3-16-4-2-8;/h1,5-6,16-17H,2-4,7H2;1H. The Morgan fingerprint density at radius 2 is 2.14 bits per heavy atom. The second-order valence-corrected chi connectivity index (χ2v) is 7.30. The summed E-state index contributed by atoms with van der Waals surface area (Å²) in [6, 6.07) is 2.05. The van der Waals surface area contributed by atoms with Crippen LogP contribution in [0.25, 0.3) is 0 Å². The van der Waals surface area contributed by atoms with Crippen LogP contribution < -0.4 is 10.0 Å². The summed E-state index contributed by atoms with van der Waals surface area (Å²) >= 11 is 8.86. The molecule has 0 bridgehead atoms. The zero-order chi connectivity index (χ0) is 14.8. The molecule has 9 heteroatoms. The summed E-state index contributed by atoms with van der Waals surface area (Å²) in [6.45, 7) is 1.79. The highest BCUT2D eigenvalue weighted by molar-refractivity contribution is 9.10. The van der Waals surface area contributed by atoms with Gasteiger partial charge in [0.05, 0.1) is 5.02 Å². The average Bonchev–Trinajstić information content (AvgIpc) is 2.36. The molecule has 21 heavy (non-hydrogen) atoms. The third-order valence-electron chi connectivity index (χ3n) is 2.88. The maximum Gasteiger partial charge on any atom is 0.243 e. The number of rotatable bonds is 4. The zero-order valence-corrected chi connectivity index (χ0v) is 14.8. The van der Waals surface area contributed by atoms with E-state index in [2.05, 4.69) is 26.0 Å². The van der Waals surface area contributed by atoms with E-state index in [9.17, 15) is 12.8 Å². The first-order valence-electron chi connectivity index (χ1n) is 5.93. The number of sulfonamides is 1. The normalized spacial score (nSPS) is 15.3. The molecule has 1 aliphatic rings. The third kappa shape index (κ3) is 4.91. The number of hydrogen-bond acceptors (Lipinski definition) is 3. The van der Waals surface area contributed by atoms with E-state index in [1.165, 1.54) is 0 Å². The Kier molecular flexibility index (Phi) is 7.09. The summed E-state index contributed by atoms with van der Waals surface area (Å²) in [5.74, 6) is -0.595. The molecule has 1 aromatic rings. The van der Waals surface area contributed by atoms with Crippen molar-refractivity contribution in [3.63, 3.8) is 0 Å².